The van der Waals surface area contributed by atoms with Crippen molar-refractivity contribution < 1.29 is 5.11 Å². The van der Waals surface area contributed by atoms with Gasteiger partial charge in [-0.05, 0) is 39.4 Å². The monoisotopic (exact) mass is 228 g/mol. The Morgan fingerprint density at radius 3 is 2.33 bits per heavy atom. The highest BCUT2D eigenvalue weighted by Crippen LogP contribution is 2.31. The van der Waals surface area contributed by atoms with Crippen molar-refractivity contribution in [3.63, 3.8) is 0 Å². The van der Waals surface area contributed by atoms with Crippen molar-refractivity contribution in [1.82, 2.24) is 9.55 Å². The topological polar surface area (TPSA) is 41.0 Å². The lowest BCUT2D eigenvalue weighted by Crippen LogP contribution is -2.21. The molecule has 15 heavy (non-hydrogen) atoms. The standard InChI is InChI=1S/C11H20N2OS/c1-6-7(2)8-9(14)13(10(15)12-8)11(3,4)5/h7,14H,6H2,1-5H3,(H,12,15). The van der Waals surface area contributed by atoms with Crippen molar-refractivity contribution in [2.24, 2.45) is 0 Å². The molecule has 0 amide bonds. The van der Waals surface area contributed by atoms with E-state index in [0.29, 0.717) is 10.7 Å². The molecule has 0 aliphatic heterocycles. The van der Waals surface area contributed by atoms with Gasteiger partial charge in [0.05, 0.1) is 5.69 Å². The van der Waals surface area contributed by atoms with Gasteiger partial charge in [0.1, 0.15) is 0 Å². The number of hydrogen-bond donors (Lipinski definition) is 2. The number of rotatable bonds is 2. The van der Waals surface area contributed by atoms with Gasteiger partial charge in [0.2, 0.25) is 5.88 Å². The highest BCUT2D eigenvalue weighted by atomic mass is 32.1. The van der Waals surface area contributed by atoms with Gasteiger partial charge in [-0.15, -0.1) is 0 Å². The third-order valence-corrected chi connectivity index (χ3v) is 2.96. The molecule has 2 N–H and O–H groups in total. The normalized spacial score (nSPS) is 14.2. The molecule has 0 aliphatic carbocycles. The fourth-order valence-electron chi connectivity index (χ4n) is 1.61. The summed E-state index contributed by atoms with van der Waals surface area (Å²) in [5, 5.41) is 10.1. The Morgan fingerprint density at radius 1 is 1.47 bits per heavy atom. The second-order valence-electron chi connectivity index (χ2n) is 4.98. The second-order valence-corrected chi connectivity index (χ2v) is 5.37. The van der Waals surface area contributed by atoms with Crippen LogP contribution >= 0.6 is 12.2 Å². The zero-order valence-electron chi connectivity index (χ0n) is 10.1. The van der Waals surface area contributed by atoms with E-state index >= 15 is 0 Å². The Kier molecular flexibility index (Phi) is 3.28. The molecule has 86 valence electrons. The van der Waals surface area contributed by atoms with Gasteiger partial charge in [0.25, 0.3) is 0 Å². The molecule has 1 aromatic rings. The lowest BCUT2D eigenvalue weighted by Gasteiger charge is -2.21. The molecule has 1 unspecified atom stereocenters. The van der Waals surface area contributed by atoms with Crippen molar-refractivity contribution in [2.45, 2.75) is 52.5 Å². The average Bonchev–Trinajstić information content (AvgIpc) is 2.39. The SMILES string of the molecule is CCC(C)c1[nH]c(=S)n(C(C)(C)C)c1O. The minimum Gasteiger partial charge on any atom is -0.493 e. The van der Waals surface area contributed by atoms with Gasteiger partial charge >= 0.3 is 0 Å². The highest BCUT2D eigenvalue weighted by molar-refractivity contribution is 7.71. The first-order valence-electron chi connectivity index (χ1n) is 5.33. The molecular weight excluding hydrogens is 208 g/mol. The van der Waals surface area contributed by atoms with Gasteiger partial charge < -0.3 is 10.1 Å². The molecule has 1 rings (SSSR count). The molecule has 1 aromatic heterocycles. The first-order chi connectivity index (χ1) is 6.79. The number of aromatic hydroxyl groups is 1. The molecule has 0 spiro atoms. The number of imidazole rings is 1. The predicted octanol–water partition coefficient (Wildman–Crippen LogP) is 3.52. The quantitative estimate of drug-likeness (QED) is 0.760. The van der Waals surface area contributed by atoms with E-state index in [1.807, 2.05) is 20.8 Å². The highest BCUT2D eigenvalue weighted by Gasteiger charge is 2.23. The van der Waals surface area contributed by atoms with Crippen LogP contribution in [-0.2, 0) is 5.54 Å². The summed E-state index contributed by atoms with van der Waals surface area (Å²) >= 11 is 5.22. The van der Waals surface area contributed by atoms with E-state index in [1.165, 1.54) is 0 Å². The van der Waals surface area contributed by atoms with Crippen LogP contribution in [0.5, 0.6) is 5.88 Å². The van der Waals surface area contributed by atoms with Crippen molar-refractivity contribution in [3.05, 3.63) is 10.5 Å². The van der Waals surface area contributed by atoms with E-state index in [2.05, 4.69) is 18.8 Å². The summed E-state index contributed by atoms with van der Waals surface area (Å²) in [6.45, 7) is 10.2. The zero-order valence-corrected chi connectivity index (χ0v) is 10.9. The van der Waals surface area contributed by atoms with Gasteiger partial charge in [-0.1, -0.05) is 13.8 Å². The van der Waals surface area contributed by atoms with Crippen molar-refractivity contribution in [3.8, 4) is 5.88 Å². The molecule has 0 saturated carbocycles. The average molecular weight is 228 g/mol. The molecule has 0 aromatic carbocycles. The third kappa shape index (κ3) is 2.25. The van der Waals surface area contributed by atoms with Crippen LogP contribution < -0.4 is 0 Å². The summed E-state index contributed by atoms with van der Waals surface area (Å²) in [6, 6.07) is 0. The number of nitrogens with one attached hydrogen (secondary N) is 1. The summed E-state index contributed by atoms with van der Waals surface area (Å²) in [6.07, 6.45) is 0.979. The fraction of sp³-hybridized carbons (Fsp3) is 0.727. The smallest absolute Gasteiger partial charge is 0.214 e. The molecule has 0 bridgehead atoms. The van der Waals surface area contributed by atoms with Crippen LogP contribution in [0.15, 0.2) is 0 Å². The Balaban J connectivity index is 3.34. The molecule has 0 radical (unpaired) electrons. The van der Waals surface area contributed by atoms with Crippen LogP contribution in [0, 0.1) is 4.77 Å². The fourth-order valence-corrected chi connectivity index (χ4v) is 2.08. The molecule has 0 fully saturated rings. The first kappa shape index (κ1) is 12.3. The molecule has 0 saturated heterocycles. The van der Waals surface area contributed by atoms with Gasteiger partial charge in [-0.3, -0.25) is 4.57 Å². The minimum absolute atomic E-state index is 0.191. The molecule has 4 heteroatoms. The lowest BCUT2D eigenvalue weighted by molar-refractivity contribution is 0.319. The number of nitrogens with zero attached hydrogens (tertiary/aromatic N) is 1. The van der Waals surface area contributed by atoms with E-state index in [1.54, 1.807) is 4.57 Å². The number of aromatic amines is 1. The maximum atomic E-state index is 10.1. The Hall–Kier alpha value is -0.770. The molecule has 3 nitrogen and oxygen atoms in total. The number of aromatic nitrogens is 2. The second kappa shape index (κ2) is 4.00. The Labute approximate surface area is 96.1 Å². The molecule has 1 heterocycles. The van der Waals surface area contributed by atoms with Crippen molar-refractivity contribution >= 4 is 12.2 Å². The van der Waals surface area contributed by atoms with E-state index in [-0.39, 0.29) is 11.4 Å². The van der Waals surface area contributed by atoms with E-state index in [9.17, 15) is 5.11 Å². The van der Waals surface area contributed by atoms with Gasteiger partial charge in [-0.25, -0.2) is 0 Å². The number of H-pyrrole nitrogens is 1. The summed E-state index contributed by atoms with van der Waals surface area (Å²) in [5.74, 6) is 0.581. The summed E-state index contributed by atoms with van der Waals surface area (Å²) in [7, 11) is 0. The van der Waals surface area contributed by atoms with E-state index < -0.39 is 0 Å². The van der Waals surface area contributed by atoms with Crippen LogP contribution in [0.1, 0.15) is 52.7 Å². The molecular formula is C11H20N2OS. The van der Waals surface area contributed by atoms with Crippen LogP contribution in [0.2, 0.25) is 0 Å². The predicted molar refractivity (Wildman–Crippen MR) is 65.0 cm³/mol. The van der Waals surface area contributed by atoms with Crippen LogP contribution in [0.4, 0.5) is 0 Å². The van der Waals surface area contributed by atoms with Crippen LogP contribution in [-0.4, -0.2) is 14.7 Å². The minimum atomic E-state index is -0.191. The third-order valence-electron chi connectivity index (χ3n) is 2.67. The summed E-state index contributed by atoms with van der Waals surface area (Å²) in [5.41, 5.74) is 0.654. The van der Waals surface area contributed by atoms with Gasteiger partial charge in [0, 0.05) is 11.5 Å². The largest absolute Gasteiger partial charge is 0.493 e. The zero-order chi connectivity index (χ0) is 11.8. The maximum Gasteiger partial charge on any atom is 0.214 e. The van der Waals surface area contributed by atoms with E-state index in [4.69, 9.17) is 12.2 Å². The first-order valence-corrected chi connectivity index (χ1v) is 5.74. The maximum absolute atomic E-state index is 10.1. The van der Waals surface area contributed by atoms with Crippen molar-refractivity contribution in [2.75, 3.05) is 0 Å². The van der Waals surface area contributed by atoms with Crippen LogP contribution in [0.3, 0.4) is 0 Å². The summed E-state index contributed by atoms with van der Waals surface area (Å²) < 4.78 is 2.36. The van der Waals surface area contributed by atoms with Crippen LogP contribution in [0.25, 0.3) is 0 Å². The number of hydrogen-bond acceptors (Lipinski definition) is 2. The van der Waals surface area contributed by atoms with Gasteiger partial charge in [-0.2, -0.15) is 0 Å². The Bertz CT molecular complexity index is 398. The van der Waals surface area contributed by atoms with Crippen molar-refractivity contribution in [1.29, 1.82) is 0 Å². The molecule has 1 atom stereocenters. The van der Waals surface area contributed by atoms with E-state index in [0.717, 1.165) is 12.1 Å². The molecule has 0 aliphatic rings. The van der Waals surface area contributed by atoms with Gasteiger partial charge in [0.15, 0.2) is 4.77 Å². The lowest BCUT2D eigenvalue weighted by atomic mass is 10.1. The Morgan fingerprint density at radius 2 is 2.00 bits per heavy atom. The summed E-state index contributed by atoms with van der Waals surface area (Å²) in [4.78, 5) is 3.10.